The van der Waals surface area contributed by atoms with Gasteiger partial charge in [0.2, 0.25) is 0 Å². The van der Waals surface area contributed by atoms with Crippen LogP contribution in [0.4, 0.5) is 26.3 Å². The summed E-state index contributed by atoms with van der Waals surface area (Å²) in [6, 6.07) is 70.0. The second kappa shape index (κ2) is 52.4. The normalized spacial score (nSPS) is 14.0. The third-order valence-electron chi connectivity index (χ3n) is 28.7. The Morgan fingerprint density at radius 1 is 0.293 bits per heavy atom. The summed E-state index contributed by atoms with van der Waals surface area (Å²) in [5, 5.41) is 0. The predicted molar refractivity (Wildman–Crippen MR) is 586 cm³/mol. The molecule has 0 unspecified atom stereocenters. The van der Waals surface area contributed by atoms with Gasteiger partial charge in [-0.05, 0) is 273 Å². The Morgan fingerprint density at radius 2 is 0.587 bits per heavy atom. The number of carbonyl (C=O) groups excluding carboxylic acids is 4. The van der Waals surface area contributed by atoms with Crippen molar-refractivity contribution in [2.24, 2.45) is 11.8 Å². The van der Waals surface area contributed by atoms with Crippen molar-refractivity contribution in [3.8, 4) is 0 Å². The Morgan fingerprint density at radius 3 is 0.913 bits per heavy atom. The van der Waals surface area contributed by atoms with E-state index >= 15 is 0 Å². The van der Waals surface area contributed by atoms with Crippen molar-refractivity contribution in [3.63, 3.8) is 0 Å². The van der Waals surface area contributed by atoms with Crippen LogP contribution in [0, 0.1) is 46.7 Å². The molecule has 0 bridgehead atoms. The van der Waals surface area contributed by atoms with Gasteiger partial charge in [0.15, 0.2) is 0 Å². The zero-order valence-electron chi connectivity index (χ0n) is 89.0. The van der Waals surface area contributed by atoms with E-state index in [1.54, 1.807) is 39.0 Å². The van der Waals surface area contributed by atoms with E-state index in [1.165, 1.54) is 125 Å². The predicted octanol–water partition coefficient (Wildman–Crippen LogP) is 25.8. The van der Waals surface area contributed by atoms with Gasteiger partial charge in [-0.3, -0.25) is 38.8 Å². The summed E-state index contributed by atoms with van der Waals surface area (Å²) in [6.45, 7) is 39.0. The summed E-state index contributed by atoms with van der Waals surface area (Å²) in [4.78, 5) is 89.9. The van der Waals surface area contributed by atoms with Crippen LogP contribution in [0.3, 0.4) is 0 Å². The first-order valence-electron chi connectivity index (χ1n) is 54.4. The number of aryl methyl sites for hydroxylation is 4. The molecule has 26 heteroatoms. The molecule has 0 atom stereocenters. The molecule has 0 N–H and O–H groups in total. The number of imidazole rings is 4. The summed E-state index contributed by atoms with van der Waals surface area (Å²) in [6.07, 6.45) is 15.1. The molecule has 0 spiro atoms. The quantitative estimate of drug-likeness (QED) is 0.0342. The minimum absolute atomic E-state index is 0.149. The fourth-order valence-corrected chi connectivity index (χ4v) is 21.6. The molecular formula is C124H146F6N16O4. The largest absolute Gasteiger partial charge is 0.331 e. The molecule has 8 heterocycles. The minimum Gasteiger partial charge on any atom is -0.331 e. The lowest BCUT2D eigenvalue weighted by Gasteiger charge is -2.28. The number of hydrogen-bond acceptors (Lipinski definition) is 12. The first-order chi connectivity index (χ1) is 72.8. The molecule has 788 valence electrons. The molecule has 1 saturated heterocycles. The summed E-state index contributed by atoms with van der Waals surface area (Å²) in [5.41, 5.74) is 21.7. The number of amides is 4. The number of carbonyl (C=O) groups is 4. The van der Waals surface area contributed by atoms with Crippen molar-refractivity contribution in [1.82, 2.24) is 77.4 Å². The van der Waals surface area contributed by atoms with Crippen LogP contribution in [0.5, 0.6) is 0 Å². The van der Waals surface area contributed by atoms with E-state index in [0.29, 0.717) is 56.8 Å². The maximum Gasteiger partial charge on any atom is 0.257 e. The van der Waals surface area contributed by atoms with Crippen LogP contribution in [-0.4, -0.2) is 160 Å². The van der Waals surface area contributed by atoms with Crippen molar-refractivity contribution in [2.45, 2.75) is 257 Å². The summed E-state index contributed by atoms with van der Waals surface area (Å²) in [5.74, 6) is -1.15. The minimum atomic E-state index is -0.720. The highest BCUT2D eigenvalue weighted by molar-refractivity contribution is 5.97. The van der Waals surface area contributed by atoms with Crippen molar-refractivity contribution in [1.29, 1.82) is 0 Å². The number of benzene rings is 11. The van der Waals surface area contributed by atoms with Gasteiger partial charge >= 0.3 is 0 Å². The van der Waals surface area contributed by atoms with Gasteiger partial charge in [-0.2, -0.15) is 0 Å². The number of fused-ring (bicyclic) bond motifs is 7. The lowest BCUT2D eigenvalue weighted by molar-refractivity contribution is 0.0706. The third-order valence-corrected chi connectivity index (χ3v) is 28.7. The van der Waals surface area contributed by atoms with Crippen LogP contribution in [0.1, 0.15) is 260 Å². The standard InChI is InChI=1S/C32H36F2N4O.C31H34F2N4O.C31H35FN4O.C30H41FN4O/c1-4-14-38-30-12-9-23(19-36-15-13-24-7-5-6-8-25(24)20-36)16-29(30)35-31(38)21-37(18-22(2)3)32(39)27-17-26(33)10-11-28(27)34;1-3-14-36(31(38)26-18-25(32)10-11-27(26)33)21-30-34-28-17-22(9-12-29(28)37(30)15-4-2)19-35-16-13-23-7-5-6-8-24(23)20-35;1-3-15-35(31(37)25-10-7-11-27(32)19-25)22-30-33-28-18-23(12-13-29(28)36(30)16-4-2)20-34-17-14-24-8-5-6-9-26(24)21-34;1-4-15-35-28-14-13-24(21-33-16-8-6-5-7-9-17-33)18-27(28)32-29(35)22-34(20-23(2)3)30(36)25-11-10-12-26(31)19-25/h5-12,16-17,22H,4,13-15,18-21H2,1-3H3;5-12,17-18H,3-4,13-16,19-21H2,1-2H3;5-13,18-19H,3-4,14-17,20-22H2,1-2H3;10-14,18-19,23H,4-9,15-17,20-22H2,1-3H3. The monoisotopic (exact) mass is 2040 g/mol. The molecular weight excluding hydrogens is 1890 g/mol. The molecule has 4 amide bonds. The van der Waals surface area contributed by atoms with Gasteiger partial charge in [-0.1, -0.05) is 198 Å². The van der Waals surface area contributed by atoms with Crippen LogP contribution in [0.25, 0.3) is 44.1 Å². The van der Waals surface area contributed by atoms with Crippen LogP contribution in [0.2, 0.25) is 0 Å². The SMILES string of the molecule is CCCN(Cc1nc2cc(CN3CCc4ccccc4C3)ccc2n1CCC)C(=O)c1cc(F)ccc1F.CCCN(Cc1nc2cc(CN3CCc4ccccc4C3)ccc2n1CCC)C(=O)c1cccc(F)c1.CCCn1c(CN(CC(C)C)C(=O)c2cc(F)ccc2F)nc2cc(CN3CCc4ccccc4C3)ccc21.CCCn1c(CN(CC(C)C)C(=O)c2cccc(F)c2)nc2cc(CN3CCCCCCC3)ccc21. The summed E-state index contributed by atoms with van der Waals surface area (Å²) in [7, 11) is 0. The van der Waals surface area contributed by atoms with E-state index in [1.807, 2.05) is 32.6 Å². The number of aromatic nitrogens is 8. The van der Waals surface area contributed by atoms with Crippen LogP contribution < -0.4 is 0 Å². The van der Waals surface area contributed by atoms with Gasteiger partial charge in [0.25, 0.3) is 23.6 Å². The second-order valence-corrected chi connectivity index (χ2v) is 41.6. The maximum atomic E-state index is 14.5. The zero-order valence-corrected chi connectivity index (χ0v) is 89.0. The third kappa shape index (κ3) is 28.1. The maximum absolute atomic E-state index is 14.5. The number of rotatable bonds is 36. The Kier molecular flexibility index (Phi) is 38.2. The second-order valence-electron chi connectivity index (χ2n) is 41.6. The smallest absolute Gasteiger partial charge is 0.257 e. The van der Waals surface area contributed by atoms with Gasteiger partial charge in [-0.25, -0.2) is 46.3 Å². The van der Waals surface area contributed by atoms with Crippen molar-refractivity contribution in [2.75, 3.05) is 58.9 Å². The van der Waals surface area contributed by atoms with Crippen molar-refractivity contribution in [3.05, 3.63) is 367 Å². The molecule has 11 aromatic carbocycles. The molecule has 20 nitrogen and oxygen atoms in total. The van der Waals surface area contributed by atoms with Crippen molar-refractivity contribution < 1.29 is 45.5 Å². The average Bonchev–Trinajstić information content (AvgIpc) is 1.64. The Bertz CT molecular complexity index is 7140. The zero-order chi connectivity index (χ0) is 105. The van der Waals surface area contributed by atoms with E-state index < -0.39 is 46.7 Å². The van der Waals surface area contributed by atoms with Crippen molar-refractivity contribution >= 4 is 67.8 Å². The molecule has 1 fully saturated rings. The fraction of sp³-hybridized carbons (Fsp3) is 0.403. The number of likely N-dealkylation sites (tertiary alicyclic amines) is 1. The molecule has 15 aromatic rings. The Labute approximate surface area is 880 Å². The topological polar surface area (TPSA) is 165 Å². The van der Waals surface area contributed by atoms with Gasteiger partial charge in [0.1, 0.15) is 58.2 Å². The van der Waals surface area contributed by atoms with E-state index in [0.717, 1.165) is 247 Å². The highest BCUT2D eigenvalue weighted by atomic mass is 19.1. The lowest BCUT2D eigenvalue weighted by atomic mass is 9.99. The highest BCUT2D eigenvalue weighted by Crippen LogP contribution is 2.33. The number of nitrogens with zero attached hydrogens (tertiary/aromatic N) is 16. The first-order valence-corrected chi connectivity index (χ1v) is 54.4. The molecule has 150 heavy (non-hydrogen) atoms. The molecule has 0 aliphatic carbocycles. The van der Waals surface area contributed by atoms with Crippen LogP contribution >= 0.6 is 0 Å². The lowest BCUT2D eigenvalue weighted by Crippen LogP contribution is -2.35. The van der Waals surface area contributed by atoms with E-state index in [9.17, 15) is 45.5 Å². The van der Waals surface area contributed by atoms with Crippen LogP contribution in [-0.2, 0) is 117 Å². The molecule has 0 radical (unpaired) electrons. The van der Waals surface area contributed by atoms with Gasteiger partial charge in [-0.15, -0.1) is 0 Å². The van der Waals surface area contributed by atoms with Gasteiger partial charge < -0.3 is 37.9 Å². The van der Waals surface area contributed by atoms with E-state index in [2.05, 4.69) is 225 Å². The van der Waals surface area contributed by atoms with Gasteiger partial charge in [0, 0.05) is 129 Å². The summed E-state index contributed by atoms with van der Waals surface area (Å²) < 4.78 is 93.0. The van der Waals surface area contributed by atoms with E-state index in [4.69, 9.17) is 19.9 Å². The van der Waals surface area contributed by atoms with Gasteiger partial charge in [0.05, 0.1) is 81.4 Å². The highest BCUT2D eigenvalue weighted by Gasteiger charge is 2.31. The first kappa shape index (κ1) is 109. The fourth-order valence-electron chi connectivity index (χ4n) is 21.6. The summed E-state index contributed by atoms with van der Waals surface area (Å²) >= 11 is 0. The van der Waals surface area contributed by atoms with Crippen LogP contribution in [0.15, 0.2) is 231 Å². The molecule has 4 aliphatic rings. The molecule has 4 aliphatic heterocycles. The average molecular weight is 2040 g/mol. The number of halogens is 6. The molecule has 19 rings (SSSR count). The molecule has 4 aromatic heterocycles. The number of hydrogen-bond donors (Lipinski definition) is 0. The molecule has 0 saturated carbocycles. The Balaban J connectivity index is 0.000000142. The van der Waals surface area contributed by atoms with E-state index in [-0.39, 0.29) is 47.9 Å². The Hall–Kier alpha value is -13.4.